The lowest BCUT2D eigenvalue weighted by molar-refractivity contribution is 0.0954. The SMILES string of the molecule is CCN1C[C@H](NS(=O)(=O)c2ccccc2F)[C@@H](OC)C1. The molecular formula is C13H19FN2O3S. The van der Waals surface area contributed by atoms with Gasteiger partial charge in [0, 0.05) is 20.2 Å². The maximum absolute atomic E-state index is 13.6. The second kappa shape index (κ2) is 6.17. The molecule has 1 heterocycles. The van der Waals surface area contributed by atoms with E-state index in [0.29, 0.717) is 13.1 Å². The highest BCUT2D eigenvalue weighted by molar-refractivity contribution is 7.89. The molecule has 1 aromatic rings. The van der Waals surface area contributed by atoms with Gasteiger partial charge < -0.3 is 4.74 Å². The van der Waals surface area contributed by atoms with Gasteiger partial charge in [0.25, 0.3) is 0 Å². The van der Waals surface area contributed by atoms with E-state index in [0.717, 1.165) is 12.6 Å². The normalized spacial score (nSPS) is 24.1. The zero-order valence-electron chi connectivity index (χ0n) is 11.5. The first kappa shape index (κ1) is 15.4. The molecule has 0 spiro atoms. The largest absolute Gasteiger partial charge is 0.378 e. The van der Waals surface area contributed by atoms with Crippen molar-refractivity contribution in [2.75, 3.05) is 26.7 Å². The van der Waals surface area contributed by atoms with Crippen LogP contribution in [0, 0.1) is 5.82 Å². The van der Waals surface area contributed by atoms with Gasteiger partial charge in [0.2, 0.25) is 10.0 Å². The average molecular weight is 302 g/mol. The van der Waals surface area contributed by atoms with E-state index in [-0.39, 0.29) is 17.0 Å². The number of halogens is 1. The van der Waals surface area contributed by atoms with Gasteiger partial charge in [-0.15, -0.1) is 0 Å². The lowest BCUT2D eigenvalue weighted by Gasteiger charge is -2.18. The summed E-state index contributed by atoms with van der Waals surface area (Å²) in [5, 5.41) is 0. The molecule has 0 radical (unpaired) electrons. The third-order valence-electron chi connectivity index (χ3n) is 3.52. The van der Waals surface area contributed by atoms with Crippen LogP contribution >= 0.6 is 0 Å². The average Bonchev–Trinajstić information content (AvgIpc) is 2.80. The molecule has 7 heteroatoms. The number of ether oxygens (including phenoxy) is 1. The van der Waals surface area contributed by atoms with Gasteiger partial charge in [-0.3, -0.25) is 4.90 Å². The predicted molar refractivity (Wildman–Crippen MR) is 73.4 cm³/mol. The number of nitrogens with zero attached hydrogens (tertiary/aromatic N) is 1. The molecule has 0 unspecified atom stereocenters. The summed E-state index contributed by atoms with van der Waals surface area (Å²) in [6, 6.07) is 4.98. The Kier molecular flexibility index (Phi) is 4.74. The van der Waals surface area contributed by atoms with Gasteiger partial charge in [-0.1, -0.05) is 19.1 Å². The Balaban J connectivity index is 2.18. The van der Waals surface area contributed by atoms with Gasteiger partial charge in [-0.25, -0.2) is 17.5 Å². The number of hydrogen-bond acceptors (Lipinski definition) is 4. The van der Waals surface area contributed by atoms with E-state index in [1.54, 1.807) is 7.11 Å². The van der Waals surface area contributed by atoms with Crippen molar-refractivity contribution in [3.05, 3.63) is 30.1 Å². The fraction of sp³-hybridized carbons (Fsp3) is 0.538. The number of nitrogens with one attached hydrogen (secondary N) is 1. The van der Waals surface area contributed by atoms with Crippen LogP contribution in [0.2, 0.25) is 0 Å². The number of hydrogen-bond donors (Lipinski definition) is 1. The quantitative estimate of drug-likeness (QED) is 0.875. The summed E-state index contributed by atoms with van der Waals surface area (Å²) in [4.78, 5) is 1.76. The third-order valence-corrected chi connectivity index (χ3v) is 5.05. The highest BCUT2D eigenvalue weighted by Gasteiger charge is 2.35. The van der Waals surface area contributed by atoms with Crippen molar-refractivity contribution in [1.29, 1.82) is 0 Å². The topological polar surface area (TPSA) is 58.6 Å². The summed E-state index contributed by atoms with van der Waals surface area (Å²) in [7, 11) is -2.33. The van der Waals surface area contributed by atoms with Crippen LogP contribution in [0.5, 0.6) is 0 Å². The Bertz CT molecular complexity index is 564. The molecule has 1 aliphatic heterocycles. The van der Waals surface area contributed by atoms with Gasteiger partial charge in [0.15, 0.2) is 0 Å². The van der Waals surface area contributed by atoms with E-state index < -0.39 is 15.8 Å². The first-order chi connectivity index (χ1) is 9.47. The van der Waals surface area contributed by atoms with Crippen LogP contribution in [0.3, 0.4) is 0 Å². The molecule has 1 N–H and O–H groups in total. The smallest absolute Gasteiger partial charge is 0.243 e. The van der Waals surface area contributed by atoms with Gasteiger partial charge in [0.1, 0.15) is 10.7 Å². The molecule has 0 aliphatic carbocycles. The summed E-state index contributed by atoms with van der Waals surface area (Å²) >= 11 is 0. The van der Waals surface area contributed by atoms with Crippen molar-refractivity contribution in [3.63, 3.8) is 0 Å². The first-order valence-electron chi connectivity index (χ1n) is 6.50. The molecule has 0 amide bonds. The van der Waals surface area contributed by atoms with E-state index in [4.69, 9.17) is 4.74 Å². The molecule has 0 bridgehead atoms. The molecule has 1 fully saturated rings. The minimum Gasteiger partial charge on any atom is -0.378 e. The van der Waals surface area contributed by atoms with E-state index in [9.17, 15) is 12.8 Å². The predicted octanol–water partition coefficient (Wildman–Crippen LogP) is 0.823. The third kappa shape index (κ3) is 3.17. The second-order valence-corrected chi connectivity index (χ2v) is 6.47. The molecule has 2 atom stereocenters. The van der Waals surface area contributed by atoms with Crippen LogP contribution in [0.1, 0.15) is 6.92 Å². The van der Waals surface area contributed by atoms with Gasteiger partial charge in [0.05, 0.1) is 12.1 Å². The number of methoxy groups -OCH3 is 1. The minimum atomic E-state index is -3.88. The molecule has 20 heavy (non-hydrogen) atoms. The second-order valence-electron chi connectivity index (χ2n) is 4.78. The monoisotopic (exact) mass is 302 g/mol. The van der Waals surface area contributed by atoms with E-state index in [1.807, 2.05) is 6.92 Å². The highest BCUT2D eigenvalue weighted by atomic mass is 32.2. The van der Waals surface area contributed by atoms with Gasteiger partial charge in [-0.2, -0.15) is 0 Å². The Morgan fingerprint density at radius 1 is 1.40 bits per heavy atom. The van der Waals surface area contributed by atoms with Gasteiger partial charge in [-0.05, 0) is 18.7 Å². The molecule has 0 aromatic heterocycles. The van der Waals surface area contributed by atoms with E-state index >= 15 is 0 Å². The van der Waals surface area contributed by atoms with Crippen LogP contribution in [-0.2, 0) is 14.8 Å². The Morgan fingerprint density at radius 3 is 2.70 bits per heavy atom. The van der Waals surface area contributed by atoms with Crippen LogP contribution < -0.4 is 4.72 Å². The maximum Gasteiger partial charge on any atom is 0.243 e. The summed E-state index contributed by atoms with van der Waals surface area (Å²) in [5.74, 6) is -0.751. The molecule has 0 saturated carbocycles. The van der Waals surface area contributed by atoms with Crippen LogP contribution in [0.4, 0.5) is 4.39 Å². The lowest BCUT2D eigenvalue weighted by Crippen LogP contribution is -2.43. The standard InChI is InChI=1S/C13H19FN2O3S/c1-3-16-8-11(12(9-16)19-2)15-20(17,18)13-7-5-4-6-10(13)14/h4-7,11-12,15H,3,8-9H2,1-2H3/t11-,12-/m0/s1. The summed E-state index contributed by atoms with van der Waals surface area (Å²) in [6.07, 6.45) is -0.225. The van der Waals surface area contributed by atoms with Crippen molar-refractivity contribution in [2.24, 2.45) is 0 Å². The summed E-state index contributed by atoms with van der Waals surface area (Å²) in [5.41, 5.74) is 0. The zero-order valence-corrected chi connectivity index (χ0v) is 12.4. The Labute approximate surface area is 118 Å². The number of benzene rings is 1. The van der Waals surface area contributed by atoms with E-state index in [2.05, 4.69) is 9.62 Å². The summed E-state index contributed by atoms with van der Waals surface area (Å²) in [6.45, 7) is 4.04. The Morgan fingerprint density at radius 2 is 2.10 bits per heavy atom. The number of rotatable bonds is 5. The van der Waals surface area contributed by atoms with Crippen LogP contribution in [-0.4, -0.2) is 52.2 Å². The number of likely N-dealkylation sites (tertiary alicyclic amines) is 1. The van der Waals surface area contributed by atoms with Crippen molar-refractivity contribution in [1.82, 2.24) is 9.62 Å². The summed E-state index contributed by atoms with van der Waals surface area (Å²) < 4.78 is 45.9. The Hall–Kier alpha value is -1.02. The van der Waals surface area contributed by atoms with Gasteiger partial charge >= 0.3 is 0 Å². The molecular weight excluding hydrogens is 283 g/mol. The van der Waals surface area contributed by atoms with Crippen LogP contribution in [0.25, 0.3) is 0 Å². The molecule has 1 aliphatic rings. The zero-order chi connectivity index (χ0) is 14.8. The lowest BCUT2D eigenvalue weighted by atomic mass is 10.2. The van der Waals surface area contributed by atoms with Crippen molar-refractivity contribution >= 4 is 10.0 Å². The molecule has 112 valence electrons. The highest BCUT2D eigenvalue weighted by Crippen LogP contribution is 2.18. The number of sulfonamides is 1. The fourth-order valence-corrected chi connectivity index (χ4v) is 3.72. The van der Waals surface area contributed by atoms with E-state index in [1.165, 1.54) is 18.2 Å². The van der Waals surface area contributed by atoms with Crippen molar-refractivity contribution in [3.8, 4) is 0 Å². The van der Waals surface area contributed by atoms with Crippen molar-refractivity contribution in [2.45, 2.75) is 24.0 Å². The molecule has 1 saturated heterocycles. The maximum atomic E-state index is 13.6. The molecule has 2 rings (SSSR count). The van der Waals surface area contributed by atoms with Crippen molar-refractivity contribution < 1.29 is 17.5 Å². The fourth-order valence-electron chi connectivity index (χ4n) is 2.39. The molecule has 5 nitrogen and oxygen atoms in total. The van der Waals surface area contributed by atoms with Crippen LogP contribution in [0.15, 0.2) is 29.2 Å². The number of likely N-dealkylation sites (N-methyl/N-ethyl adjacent to an activating group) is 1. The minimum absolute atomic E-state index is 0.225. The molecule has 1 aromatic carbocycles. The first-order valence-corrected chi connectivity index (χ1v) is 7.98.